The molecule has 0 N–H and O–H groups in total. The van der Waals surface area contributed by atoms with E-state index in [-0.39, 0.29) is 17.1 Å². The van der Waals surface area contributed by atoms with Gasteiger partial charge in [-0.25, -0.2) is 4.98 Å². The second-order valence-electron chi connectivity index (χ2n) is 6.46. The van der Waals surface area contributed by atoms with Gasteiger partial charge in [0.25, 0.3) is 5.56 Å². The molecule has 0 unspecified atom stereocenters. The first-order chi connectivity index (χ1) is 13.5. The second kappa shape index (κ2) is 7.73. The van der Waals surface area contributed by atoms with E-state index in [2.05, 4.69) is 0 Å². The van der Waals surface area contributed by atoms with Crippen molar-refractivity contribution in [3.05, 3.63) is 86.3 Å². The van der Waals surface area contributed by atoms with Crippen LogP contribution >= 0.6 is 23.1 Å². The number of nitrogens with zero attached hydrogens (tertiary/aromatic N) is 2. The number of thiophene rings is 1. The standard InChI is InChI=1S/C22H18N2O2S2/c1-14-7-3-6-10-18(14)24-21(26)16-8-4-5-9-17(16)23-22(24)27-13-19(25)20-12-11-15(2)28-20/h3-12H,13H2,1-2H3. The van der Waals surface area contributed by atoms with E-state index in [4.69, 9.17) is 4.98 Å². The number of carbonyl (C=O) groups is 1. The van der Waals surface area contributed by atoms with Crippen molar-refractivity contribution in [1.82, 2.24) is 9.55 Å². The second-order valence-corrected chi connectivity index (χ2v) is 8.69. The van der Waals surface area contributed by atoms with E-state index in [0.717, 1.165) is 21.0 Å². The molecule has 6 heteroatoms. The Balaban J connectivity index is 1.80. The molecule has 0 saturated carbocycles. The monoisotopic (exact) mass is 406 g/mol. The van der Waals surface area contributed by atoms with Crippen molar-refractivity contribution in [1.29, 1.82) is 0 Å². The van der Waals surface area contributed by atoms with Gasteiger partial charge in [-0.05, 0) is 49.7 Å². The largest absolute Gasteiger partial charge is 0.292 e. The van der Waals surface area contributed by atoms with Gasteiger partial charge in [0, 0.05) is 4.88 Å². The van der Waals surface area contributed by atoms with E-state index in [1.807, 2.05) is 68.4 Å². The van der Waals surface area contributed by atoms with Crippen LogP contribution in [0.4, 0.5) is 0 Å². The number of aromatic nitrogens is 2. The highest BCUT2D eigenvalue weighted by atomic mass is 32.2. The number of thioether (sulfide) groups is 1. The van der Waals surface area contributed by atoms with E-state index in [0.29, 0.717) is 16.1 Å². The molecular formula is C22H18N2O2S2. The maximum Gasteiger partial charge on any atom is 0.266 e. The Morgan fingerprint density at radius 1 is 1.04 bits per heavy atom. The zero-order valence-electron chi connectivity index (χ0n) is 15.5. The number of carbonyl (C=O) groups excluding carboxylic acids is 1. The maximum absolute atomic E-state index is 13.2. The van der Waals surface area contributed by atoms with Gasteiger partial charge in [-0.3, -0.25) is 14.2 Å². The molecule has 0 saturated heterocycles. The van der Waals surface area contributed by atoms with Crippen molar-refractivity contribution in [2.75, 3.05) is 5.75 Å². The number of rotatable bonds is 5. The number of ketones is 1. The lowest BCUT2D eigenvalue weighted by atomic mass is 10.2. The molecule has 0 bridgehead atoms. The number of fused-ring (bicyclic) bond motifs is 1. The minimum Gasteiger partial charge on any atom is -0.292 e. The predicted octanol–water partition coefficient (Wildman–Crippen LogP) is 5.04. The highest BCUT2D eigenvalue weighted by Crippen LogP contribution is 2.25. The van der Waals surface area contributed by atoms with Crippen LogP contribution in [0.3, 0.4) is 0 Å². The molecule has 0 spiro atoms. The summed E-state index contributed by atoms with van der Waals surface area (Å²) in [5.41, 5.74) is 2.28. The first-order valence-corrected chi connectivity index (χ1v) is 10.6. The van der Waals surface area contributed by atoms with Crippen LogP contribution in [0.15, 0.2) is 70.6 Å². The Morgan fingerprint density at radius 3 is 2.54 bits per heavy atom. The van der Waals surface area contributed by atoms with Crippen molar-refractivity contribution >= 4 is 39.8 Å². The summed E-state index contributed by atoms with van der Waals surface area (Å²) < 4.78 is 1.62. The van der Waals surface area contributed by atoms with E-state index < -0.39 is 0 Å². The lowest BCUT2D eigenvalue weighted by molar-refractivity contribution is 0.102. The summed E-state index contributed by atoms with van der Waals surface area (Å²) in [5.74, 6) is 0.276. The molecule has 4 aromatic rings. The SMILES string of the molecule is Cc1ccc(C(=O)CSc2nc3ccccc3c(=O)n2-c2ccccc2C)s1. The first kappa shape index (κ1) is 18.7. The highest BCUT2D eigenvalue weighted by molar-refractivity contribution is 7.99. The molecule has 0 atom stereocenters. The fraction of sp³-hybridized carbons (Fsp3) is 0.136. The van der Waals surface area contributed by atoms with Crippen LogP contribution in [-0.2, 0) is 0 Å². The molecule has 0 fully saturated rings. The Labute approximate surface area is 170 Å². The molecule has 0 amide bonds. The summed E-state index contributed by atoms with van der Waals surface area (Å²) in [7, 11) is 0. The van der Waals surface area contributed by atoms with E-state index in [9.17, 15) is 9.59 Å². The number of aryl methyl sites for hydroxylation is 2. The van der Waals surface area contributed by atoms with Gasteiger partial charge in [0.2, 0.25) is 0 Å². The predicted molar refractivity (Wildman–Crippen MR) is 116 cm³/mol. The van der Waals surface area contributed by atoms with Crippen molar-refractivity contribution in [2.24, 2.45) is 0 Å². The average molecular weight is 407 g/mol. The molecule has 2 aromatic carbocycles. The minimum atomic E-state index is -0.123. The number of hydrogen-bond donors (Lipinski definition) is 0. The number of Topliss-reactive ketones (excluding diaryl/α,β-unsaturated/α-hetero) is 1. The maximum atomic E-state index is 13.2. The van der Waals surface area contributed by atoms with Crippen molar-refractivity contribution < 1.29 is 4.79 Å². The van der Waals surface area contributed by atoms with Gasteiger partial charge in [0.1, 0.15) is 0 Å². The average Bonchev–Trinajstić information content (AvgIpc) is 3.14. The molecule has 2 heterocycles. The molecule has 4 rings (SSSR count). The molecule has 0 aliphatic heterocycles. The van der Waals surface area contributed by atoms with Crippen LogP contribution in [0.2, 0.25) is 0 Å². The van der Waals surface area contributed by atoms with E-state index in [1.54, 1.807) is 10.6 Å². The van der Waals surface area contributed by atoms with Crippen LogP contribution in [-0.4, -0.2) is 21.1 Å². The Kier molecular flexibility index (Phi) is 5.15. The summed E-state index contributed by atoms with van der Waals surface area (Å²) in [6, 6.07) is 18.8. The van der Waals surface area contributed by atoms with Crippen LogP contribution < -0.4 is 5.56 Å². The number of para-hydroxylation sites is 2. The molecular weight excluding hydrogens is 388 g/mol. The lowest BCUT2D eigenvalue weighted by Gasteiger charge is -2.14. The van der Waals surface area contributed by atoms with Crippen molar-refractivity contribution in [3.8, 4) is 5.69 Å². The summed E-state index contributed by atoms with van der Waals surface area (Å²) in [4.78, 5) is 32.4. The minimum absolute atomic E-state index is 0.0434. The Morgan fingerprint density at radius 2 is 1.79 bits per heavy atom. The Hall–Kier alpha value is -2.70. The smallest absolute Gasteiger partial charge is 0.266 e. The zero-order chi connectivity index (χ0) is 19.7. The summed E-state index contributed by atoms with van der Waals surface area (Å²) in [5, 5.41) is 1.09. The molecule has 0 radical (unpaired) electrons. The van der Waals surface area contributed by atoms with Crippen molar-refractivity contribution in [2.45, 2.75) is 19.0 Å². The molecule has 4 nitrogen and oxygen atoms in total. The van der Waals surface area contributed by atoms with Gasteiger partial charge in [0.15, 0.2) is 10.9 Å². The normalized spacial score (nSPS) is 11.1. The fourth-order valence-electron chi connectivity index (χ4n) is 3.02. The third-order valence-corrected chi connectivity index (χ3v) is 6.43. The quantitative estimate of drug-likeness (QED) is 0.265. The van der Waals surface area contributed by atoms with Crippen LogP contribution in [0.1, 0.15) is 20.1 Å². The third-order valence-electron chi connectivity index (χ3n) is 4.45. The summed E-state index contributed by atoms with van der Waals surface area (Å²) in [6.45, 7) is 3.94. The molecule has 0 aliphatic carbocycles. The van der Waals surface area contributed by atoms with Crippen molar-refractivity contribution in [3.63, 3.8) is 0 Å². The Bertz CT molecular complexity index is 1240. The van der Waals surface area contributed by atoms with Gasteiger partial charge >= 0.3 is 0 Å². The van der Waals surface area contributed by atoms with Gasteiger partial charge in [-0.2, -0.15) is 0 Å². The first-order valence-electron chi connectivity index (χ1n) is 8.85. The van der Waals surface area contributed by atoms with Crippen LogP contribution in [0.25, 0.3) is 16.6 Å². The third kappa shape index (κ3) is 3.53. The fourth-order valence-corrected chi connectivity index (χ4v) is 4.81. The molecule has 140 valence electrons. The van der Waals surface area contributed by atoms with Crippen LogP contribution in [0.5, 0.6) is 0 Å². The van der Waals surface area contributed by atoms with E-state index >= 15 is 0 Å². The van der Waals surface area contributed by atoms with E-state index in [1.165, 1.54) is 23.1 Å². The van der Waals surface area contributed by atoms with Gasteiger partial charge < -0.3 is 0 Å². The highest BCUT2D eigenvalue weighted by Gasteiger charge is 2.17. The molecule has 0 aliphatic rings. The van der Waals surface area contributed by atoms with Crippen LogP contribution in [0, 0.1) is 13.8 Å². The van der Waals surface area contributed by atoms with Gasteiger partial charge in [0.05, 0.1) is 27.2 Å². The molecule has 2 aromatic heterocycles. The number of benzene rings is 2. The summed E-state index contributed by atoms with van der Waals surface area (Å²) in [6.07, 6.45) is 0. The van der Waals surface area contributed by atoms with Gasteiger partial charge in [-0.1, -0.05) is 42.1 Å². The zero-order valence-corrected chi connectivity index (χ0v) is 17.1. The summed E-state index contributed by atoms with van der Waals surface area (Å²) >= 11 is 2.79. The lowest BCUT2D eigenvalue weighted by Crippen LogP contribution is -2.22. The van der Waals surface area contributed by atoms with Gasteiger partial charge in [-0.15, -0.1) is 11.3 Å². The molecule has 28 heavy (non-hydrogen) atoms. The number of hydrogen-bond acceptors (Lipinski definition) is 5. The topological polar surface area (TPSA) is 52.0 Å².